The number of aromatic nitrogens is 3. The van der Waals surface area contributed by atoms with Gasteiger partial charge in [0.05, 0.1) is 0 Å². The molecule has 0 spiro atoms. The quantitative estimate of drug-likeness (QED) is 0.619. The Morgan fingerprint density at radius 1 is 1.28 bits per heavy atom. The summed E-state index contributed by atoms with van der Waals surface area (Å²) in [4.78, 5) is 9.57. The van der Waals surface area contributed by atoms with Crippen molar-refractivity contribution in [3.05, 3.63) is 12.2 Å². The van der Waals surface area contributed by atoms with Crippen LogP contribution in [0.3, 0.4) is 0 Å². The molecule has 7 heteroatoms. The summed E-state index contributed by atoms with van der Waals surface area (Å²) < 4.78 is 2.11. The highest BCUT2D eigenvalue weighted by Gasteiger charge is 2.26. The zero-order chi connectivity index (χ0) is 17.5. The molecule has 7 nitrogen and oxygen atoms in total. The number of guanidine groups is 1. The highest BCUT2D eigenvalue weighted by molar-refractivity contribution is 5.80. The van der Waals surface area contributed by atoms with Crippen molar-refractivity contribution >= 4 is 5.96 Å². The maximum Gasteiger partial charge on any atom is 0.193 e. The Bertz CT molecular complexity index is 547. The van der Waals surface area contributed by atoms with Crippen LogP contribution in [0.2, 0.25) is 0 Å². The predicted molar refractivity (Wildman–Crippen MR) is 101 cm³/mol. The van der Waals surface area contributed by atoms with E-state index in [0.717, 1.165) is 50.3 Å². The number of nitrogens with zero attached hydrogens (tertiary/aromatic N) is 6. The number of hydrogen-bond donors (Lipinski definition) is 1. The number of aryl methyl sites for hydroxylation is 1. The van der Waals surface area contributed by atoms with E-state index in [4.69, 9.17) is 0 Å². The van der Waals surface area contributed by atoms with E-state index in [1.54, 1.807) is 0 Å². The molecule has 2 fully saturated rings. The van der Waals surface area contributed by atoms with Gasteiger partial charge in [-0.25, -0.2) is 0 Å². The molecular formula is C18H33N7. The molecule has 0 saturated carbocycles. The van der Waals surface area contributed by atoms with Crippen LogP contribution in [0.4, 0.5) is 0 Å². The van der Waals surface area contributed by atoms with Crippen LogP contribution in [0.1, 0.15) is 38.4 Å². The van der Waals surface area contributed by atoms with Crippen molar-refractivity contribution in [1.82, 2.24) is 29.9 Å². The standard InChI is InChI=1S/C18H33N7/c1-3-17-22-21-15-25(17)12-8-20-18(19-2)24-11-7-16(14-24)13-23-9-5-4-6-10-23/h15-16H,3-14H2,1-2H3,(H,19,20). The van der Waals surface area contributed by atoms with Gasteiger partial charge in [-0.15, -0.1) is 10.2 Å². The molecule has 1 aromatic heterocycles. The highest BCUT2D eigenvalue weighted by Crippen LogP contribution is 2.19. The van der Waals surface area contributed by atoms with Crippen molar-refractivity contribution in [2.24, 2.45) is 10.9 Å². The third-order valence-corrected chi connectivity index (χ3v) is 5.41. The zero-order valence-corrected chi connectivity index (χ0v) is 15.8. The van der Waals surface area contributed by atoms with E-state index in [1.165, 1.54) is 45.3 Å². The molecule has 0 bridgehead atoms. The molecule has 3 rings (SSSR count). The number of likely N-dealkylation sites (tertiary alicyclic amines) is 2. The topological polar surface area (TPSA) is 61.6 Å². The Kier molecular flexibility index (Phi) is 6.67. The molecule has 0 aromatic carbocycles. The van der Waals surface area contributed by atoms with Gasteiger partial charge in [0, 0.05) is 46.2 Å². The SMILES string of the molecule is CCc1nncn1CCNC(=NC)N1CCC(CN2CCCCC2)C1. The lowest BCUT2D eigenvalue weighted by Gasteiger charge is -2.29. The molecule has 2 saturated heterocycles. The van der Waals surface area contributed by atoms with E-state index in [9.17, 15) is 0 Å². The van der Waals surface area contributed by atoms with Crippen molar-refractivity contribution in [3.63, 3.8) is 0 Å². The van der Waals surface area contributed by atoms with Crippen molar-refractivity contribution in [2.45, 2.75) is 45.6 Å². The van der Waals surface area contributed by atoms with E-state index in [1.807, 2.05) is 13.4 Å². The van der Waals surface area contributed by atoms with Crippen molar-refractivity contribution < 1.29 is 0 Å². The summed E-state index contributed by atoms with van der Waals surface area (Å²) in [6.07, 6.45) is 8.18. The molecule has 1 unspecified atom stereocenters. The van der Waals surface area contributed by atoms with Gasteiger partial charge in [0.15, 0.2) is 5.96 Å². The lowest BCUT2D eigenvalue weighted by molar-refractivity contribution is 0.198. The summed E-state index contributed by atoms with van der Waals surface area (Å²) in [5.74, 6) is 2.85. The van der Waals surface area contributed by atoms with E-state index in [0.29, 0.717) is 0 Å². The largest absolute Gasteiger partial charge is 0.354 e. The summed E-state index contributed by atoms with van der Waals surface area (Å²) in [6.45, 7) is 9.93. The third-order valence-electron chi connectivity index (χ3n) is 5.41. The molecule has 2 aliphatic heterocycles. The van der Waals surface area contributed by atoms with Crippen molar-refractivity contribution in [2.75, 3.05) is 46.3 Å². The minimum atomic E-state index is 0.779. The molecule has 140 valence electrons. The van der Waals surface area contributed by atoms with Crippen LogP contribution in [0.15, 0.2) is 11.3 Å². The molecule has 0 amide bonds. The maximum atomic E-state index is 4.49. The van der Waals surface area contributed by atoms with Crippen molar-refractivity contribution in [3.8, 4) is 0 Å². The fourth-order valence-electron chi connectivity index (χ4n) is 4.04. The Morgan fingerprint density at radius 3 is 2.88 bits per heavy atom. The van der Waals surface area contributed by atoms with Gasteiger partial charge in [0.1, 0.15) is 12.2 Å². The average molecular weight is 348 g/mol. The second-order valence-electron chi connectivity index (χ2n) is 7.23. The molecule has 0 radical (unpaired) electrons. The van der Waals surface area contributed by atoms with E-state index in [-0.39, 0.29) is 0 Å². The fourth-order valence-corrected chi connectivity index (χ4v) is 4.04. The van der Waals surface area contributed by atoms with Crippen LogP contribution in [-0.2, 0) is 13.0 Å². The van der Waals surface area contributed by atoms with Gasteiger partial charge in [-0.1, -0.05) is 13.3 Å². The van der Waals surface area contributed by atoms with Crippen LogP contribution in [0, 0.1) is 5.92 Å². The van der Waals surface area contributed by atoms with E-state index in [2.05, 4.69) is 41.8 Å². The average Bonchev–Trinajstić information content (AvgIpc) is 3.29. The Hall–Kier alpha value is -1.63. The van der Waals surface area contributed by atoms with Crippen LogP contribution >= 0.6 is 0 Å². The predicted octanol–water partition coefficient (Wildman–Crippen LogP) is 1.22. The molecular weight excluding hydrogens is 314 g/mol. The number of piperidine rings is 1. The number of aliphatic imine (C=N–C) groups is 1. The lowest BCUT2D eigenvalue weighted by Crippen LogP contribution is -2.42. The molecule has 1 atom stereocenters. The van der Waals surface area contributed by atoms with Gasteiger partial charge in [0.2, 0.25) is 0 Å². The Morgan fingerprint density at radius 2 is 2.12 bits per heavy atom. The van der Waals surface area contributed by atoms with E-state index < -0.39 is 0 Å². The van der Waals surface area contributed by atoms with Gasteiger partial charge < -0.3 is 19.7 Å². The van der Waals surface area contributed by atoms with E-state index >= 15 is 0 Å². The van der Waals surface area contributed by atoms with Gasteiger partial charge in [-0.3, -0.25) is 4.99 Å². The number of nitrogens with one attached hydrogen (secondary N) is 1. The van der Waals surface area contributed by atoms with Gasteiger partial charge in [-0.2, -0.15) is 0 Å². The van der Waals surface area contributed by atoms with Crippen LogP contribution in [0.5, 0.6) is 0 Å². The third kappa shape index (κ3) is 4.93. The molecule has 1 aromatic rings. The molecule has 3 heterocycles. The normalized spacial score (nSPS) is 22.6. The van der Waals surface area contributed by atoms with Gasteiger partial charge in [0.25, 0.3) is 0 Å². The van der Waals surface area contributed by atoms with Gasteiger partial charge in [-0.05, 0) is 38.3 Å². The molecule has 25 heavy (non-hydrogen) atoms. The highest BCUT2D eigenvalue weighted by atomic mass is 15.3. The maximum absolute atomic E-state index is 4.49. The van der Waals surface area contributed by atoms with Gasteiger partial charge >= 0.3 is 0 Å². The first-order chi connectivity index (χ1) is 12.3. The van der Waals surface area contributed by atoms with Crippen LogP contribution < -0.4 is 5.32 Å². The summed E-state index contributed by atoms with van der Waals surface area (Å²) in [6, 6.07) is 0. The summed E-state index contributed by atoms with van der Waals surface area (Å²) >= 11 is 0. The molecule has 0 aliphatic carbocycles. The first-order valence-corrected chi connectivity index (χ1v) is 9.84. The van der Waals surface area contributed by atoms with Crippen molar-refractivity contribution in [1.29, 1.82) is 0 Å². The minimum absolute atomic E-state index is 0.779. The smallest absolute Gasteiger partial charge is 0.193 e. The number of hydrogen-bond acceptors (Lipinski definition) is 4. The second-order valence-corrected chi connectivity index (χ2v) is 7.23. The first-order valence-electron chi connectivity index (χ1n) is 9.84. The summed E-state index contributed by atoms with van der Waals surface area (Å²) in [7, 11) is 1.89. The summed E-state index contributed by atoms with van der Waals surface area (Å²) in [5, 5.41) is 11.6. The summed E-state index contributed by atoms with van der Waals surface area (Å²) in [5.41, 5.74) is 0. The first kappa shape index (κ1) is 18.2. The zero-order valence-electron chi connectivity index (χ0n) is 15.8. The molecule has 1 N–H and O–H groups in total. The Balaban J connectivity index is 1.42. The second kappa shape index (κ2) is 9.17. The Labute approximate surface area is 151 Å². The number of rotatable bonds is 6. The monoisotopic (exact) mass is 347 g/mol. The minimum Gasteiger partial charge on any atom is -0.354 e. The lowest BCUT2D eigenvalue weighted by atomic mass is 10.1. The van der Waals surface area contributed by atoms with Crippen LogP contribution in [0.25, 0.3) is 0 Å². The van der Waals surface area contributed by atoms with Crippen LogP contribution in [-0.4, -0.2) is 76.8 Å². The molecule has 2 aliphatic rings. The fraction of sp³-hybridized carbons (Fsp3) is 0.833.